The average molecular weight is 239 g/mol. The SMILES string of the molecule is COc1csc(C(N)c2ccc(C)s2)c1. The van der Waals surface area contributed by atoms with Gasteiger partial charge in [0.15, 0.2) is 0 Å². The molecule has 4 heteroatoms. The smallest absolute Gasteiger partial charge is 0.129 e. The molecule has 0 aliphatic rings. The van der Waals surface area contributed by atoms with Gasteiger partial charge in [-0.1, -0.05) is 0 Å². The maximum atomic E-state index is 6.16. The number of aryl methyl sites for hydroxylation is 1. The molecule has 0 fully saturated rings. The summed E-state index contributed by atoms with van der Waals surface area (Å²) in [6.07, 6.45) is 0. The van der Waals surface area contributed by atoms with Gasteiger partial charge in [-0.15, -0.1) is 22.7 Å². The summed E-state index contributed by atoms with van der Waals surface area (Å²) in [5.41, 5.74) is 6.16. The van der Waals surface area contributed by atoms with Gasteiger partial charge >= 0.3 is 0 Å². The van der Waals surface area contributed by atoms with Crippen molar-refractivity contribution in [1.82, 2.24) is 0 Å². The van der Waals surface area contributed by atoms with Crippen molar-refractivity contribution in [3.05, 3.63) is 38.2 Å². The molecule has 1 unspecified atom stereocenters. The first kappa shape index (κ1) is 10.7. The lowest BCUT2D eigenvalue weighted by atomic mass is 10.2. The van der Waals surface area contributed by atoms with Crippen LogP contribution in [0.2, 0.25) is 0 Å². The molecule has 0 radical (unpaired) electrons. The fraction of sp³-hybridized carbons (Fsp3) is 0.273. The molecule has 2 rings (SSSR count). The van der Waals surface area contributed by atoms with E-state index in [1.165, 1.54) is 9.75 Å². The first-order valence-corrected chi connectivity index (χ1v) is 6.34. The summed E-state index contributed by atoms with van der Waals surface area (Å²) in [6, 6.07) is 6.18. The Morgan fingerprint density at radius 1 is 1.33 bits per heavy atom. The summed E-state index contributed by atoms with van der Waals surface area (Å²) in [5, 5.41) is 1.98. The molecule has 2 nitrogen and oxygen atoms in total. The number of methoxy groups -OCH3 is 1. The van der Waals surface area contributed by atoms with Gasteiger partial charge in [-0.25, -0.2) is 0 Å². The third-order valence-electron chi connectivity index (χ3n) is 2.21. The van der Waals surface area contributed by atoms with Crippen LogP contribution < -0.4 is 10.5 Å². The van der Waals surface area contributed by atoms with Gasteiger partial charge in [0, 0.05) is 20.0 Å². The standard InChI is InChI=1S/C11H13NOS2/c1-7-3-4-9(15-7)11(12)10-5-8(13-2)6-14-10/h3-6,11H,12H2,1-2H3. The molecule has 80 valence electrons. The van der Waals surface area contributed by atoms with Crippen LogP contribution in [-0.2, 0) is 0 Å². The first-order chi connectivity index (χ1) is 7.20. The van der Waals surface area contributed by atoms with Crippen LogP contribution in [0.1, 0.15) is 20.7 Å². The number of hydrogen-bond donors (Lipinski definition) is 1. The van der Waals surface area contributed by atoms with Gasteiger partial charge in [0.05, 0.1) is 13.2 Å². The topological polar surface area (TPSA) is 35.2 Å². The lowest BCUT2D eigenvalue weighted by Crippen LogP contribution is -2.07. The maximum absolute atomic E-state index is 6.16. The van der Waals surface area contributed by atoms with Crippen molar-refractivity contribution < 1.29 is 4.74 Å². The number of thiophene rings is 2. The lowest BCUT2D eigenvalue weighted by molar-refractivity contribution is 0.416. The molecule has 0 aromatic carbocycles. The predicted molar refractivity (Wildman–Crippen MR) is 66.0 cm³/mol. The number of hydrogen-bond acceptors (Lipinski definition) is 4. The molecule has 0 bridgehead atoms. The highest BCUT2D eigenvalue weighted by Crippen LogP contribution is 2.32. The summed E-state index contributed by atoms with van der Waals surface area (Å²) in [7, 11) is 1.67. The minimum absolute atomic E-state index is 0.0161. The minimum atomic E-state index is -0.0161. The third kappa shape index (κ3) is 2.22. The van der Waals surface area contributed by atoms with Crippen LogP contribution in [0, 0.1) is 6.92 Å². The van der Waals surface area contributed by atoms with E-state index in [2.05, 4.69) is 19.1 Å². The van der Waals surface area contributed by atoms with Gasteiger partial charge in [-0.3, -0.25) is 0 Å². The molecule has 1 atom stereocenters. The molecule has 0 aliphatic heterocycles. The molecule has 2 aromatic rings. The van der Waals surface area contributed by atoms with Gasteiger partial charge in [0.1, 0.15) is 5.75 Å². The van der Waals surface area contributed by atoms with Gasteiger partial charge < -0.3 is 10.5 Å². The number of rotatable bonds is 3. The van der Waals surface area contributed by atoms with Crippen LogP contribution in [0.25, 0.3) is 0 Å². The van der Waals surface area contributed by atoms with Gasteiger partial charge in [0.25, 0.3) is 0 Å². The Morgan fingerprint density at radius 3 is 2.67 bits per heavy atom. The van der Waals surface area contributed by atoms with E-state index in [0.29, 0.717) is 0 Å². The Kier molecular flexibility index (Phi) is 3.09. The largest absolute Gasteiger partial charge is 0.496 e. The first-order valence-electron chi connectivity index (χ1n) is 4.65. The Bertz CT molecular complexity index is 447. The second-order valence-corrected chi connectivity index (χ2v) is 5.58. The monoisotopic (exact) mass is 239 g/mol. The summed E-state index contributed by atoms with van der Waals surface area (Å²) >= 11 is 3.39. The molecule has 0 saturated carbocycles. The van der Waals surface area contributed by atoms with E-state index < -0.39 is 0 Å². The van der Waals surface area contributed by atoms with Crippen LogP contribution in [0.5, 0.6) is 5.75 Å². The van der Waals surface area contributed by atoms with E-state index >= 15 is 0 Å². The fourth-order valence-electron chi connectivity index (χ4n) is 1.37. The maximum Gasteiger partial charge on any atom is 0.129 e. The molecule has 0 amide bonds. The van der Waals surface area contributed by atoms with Crippen molar-refractivity contribution in [3.8, 4) is 5.75 Å². The quantitative estimate of drug-likeness (QED) is 0.893. The van der Waals surface area contributed by atoms with Gasteiger partial charge in [0.2, 0.25) is 0 Å². The number of nitrogens with two attached hydrogens (primary N) is 1. The molecule has 2 aromatic heterocycles. The van der Waals surface area contributed by atoms with E-state index in [4.69, 9.17) is 10.5 Å². The highest BCUT2D eigenvalue weighted by molar-refractivity contribution is 7.13. The summed E-state index contributed by atoms with van der Waals surface area (Å²) < 4.78 is 5.14. The van der Waals surface area contributed by atoms with Gasteiger partial charge in [-0.05, 0) is 25.1 Å². The second kappa shape index (κ2) is 4.35. The van der Waals surface area contributed by atoms with Crippen molar-refractivity contribution in [2.75, 3.05) is 7.11 Å². The third-order valence-corrected chi connectivity index (χ3v) is 4.28. The van der Waals surface area contributed by atoms with Gasteiger partial charge in [-0.2, -0.15) is 0 Å². The summed E-state index contributed by atoms with van der Waals surface area (Å²) in [4.78, 5) is 3.65. The van der Waals surface area contributed by atoms with Crippen LogP contribution in [0.15, 0.2) is 23.6 Å². The van der Waals surface area contributed by atoms with Crippen molar-refractivity contribution in [3.63, 3.8) is 0 Å². The fourth-order valence-corrected chi connectivity index (χ4v) is 3.21. The second-order valence-electron chi connectivity index (χ2n) is 3.31. The Balaban J connectivity index is 2.23. The zero-order valence-corrected chi connectivity index (χ0v) is 10.3. The van der Waals surface area contributed by atoms with Crippen molar-refractivity contribution >= 4 is 22.7 Å². The summed E-state index contributed by atoms with van der Waals surface area (Å²) in [6.45, 7) is 2.09. The zero-order chi connectivity index (χ0) is 10.8. The van der Waals surface area contributed by atoms with Crippen LogP contribution in [0.4, 0.5) is 0 Å². The van der Waals surface area contributed by atoms with E-state index in [1.54, 1.807) is 29.8 Å². The molecule has 0 aliphatic carbocycles. The average Bonchev–Trinajstić information content (AvgIpc) is 2.84. The molecule has 15 heavy (non-hydrogen) atoms. The lowest BCUT2D eigenvalue weighted by Gasteiger charge is -2.05. The Hall–Kier alpha value is -0.840. The Morgan fingerprint density at radius 2 is 2.13 bits per heavy atom. The minimum Gasteiger partial charge on any atom is -0.496 e. The highest BCUT2D eigenvalue weighted by atomic mass is 32.1. The van der Waals surface area contributed by atoms with Crippen molar-refractivity contribution in [2.24, 2.45) is 5.73 Å². The van der Waals surface area contributed by atoms with Crippen LogP contribution >= 0.6 is 22.7 Å². The van der Waals surface area contributed by atoms with Crippen LogP contribution in [0.3, 0.4) is 0 Å². The normalized spacial score (nSPS) is 12.7. The zero-order valence-electron chi connectivity index (χ0n) is 8.69. The van der Waals surface area contributed by atoms with E-state index in [0.717, 1.165) is 10.6 Å². The molecule has 2 N–H and O–H groups in total. The van der Waals surface area contributed by atoms with Crippen molar-refractivity contribution in [1.29, 1.82) is 0 Å². The molecule has 2 heterocycles. The molecular weight excluding hydrogens is 226 g/mol. The van der Waals surface area contributed by atoms with E-state index in [1.807, 2.05) is 11.4 Å². The van der Waals surface area contributed by atoms with E-state index in [9.17, 15) is 0 Å². The Labute approximate surface area is 97.3 Å². The van der Waals surface area contributed by atoms with Crippen LogP contribution in [-0.4, -0.2) is 7.11 Å². The summed E-state index contributed by atoms with van der Waals surface area (Å²) in [5.74, 6) is 0.888. The van der Waals surface area contributed by atoms with E-state index in [-0.39, 0.29) is 6.04 Å². The predicted octanol–water partition coefficient (Wildman–Crippen LogP) is 3.17. The number of ether oxygens (including phenoxy) is 1. The highest BCUT2D eigenvalue weighted by Gasteiger charge is 2.13. The molecule has 0 spiro atoms. The van der Waals surface area contributed by atoms with Crippen molar-refractivity contribution in [2.45, 2.75) is 13.0 Å². The molecular formula is C11H13NOS2. The molecule has 0 saturated heterocycles.